The van der Waals surface area contributed by atoms with Crippen LogP contribution in [-0.2, 0) is 0 Å². The minimum absolute atomic E-state index is 0.153. The van der Waals surface area contributed by atoms with Crippen LogP contribution in [0, 0.1) is 5.82 Å². The molecule has 1 aromatic rings. The van der Waals surface area contributed by atoms with Crippen LogP contribution in [0.25, 0.3) is 0 Å². The van der Waals surface area contributed by atoms with Gasteiger partial charge in [-0.1, -0.05) is 12.1 Å². The summed E-state index contributed by atoms with van der Waals surface area (Å²) in [4.78, 5) is 4.37. The van der Waals surface area contributed by atoms with Crippen molar-refractivity contribution in [2.24, 2.45) is 5.73 Å². The number of benzene rings is 1. The summed E-state index contributed by atoms with van der Waals surface area (Å²) in [5.74, 6) is -0.153. The zero-order valence-electron chi connectivity index (χ0n) is 10.4. The third kappa shape index (κ3) is 2.42. The number of para-hydroxylation sites is 1. The molecule has 2 N–H and O–H groups in total. The van der Waals surface area contributed by atoms with Crippen molar-refractivity contribution in [3.8, 4) is 0 Å². The highest BCUT2D eigenvalue weighted by molar-refractivity contribution is 5.48. The molecule has 1 saturated heterocycles. The molecule has 2 unspecified atom stereocenters. The Morgan fingerprint density at radius 2 is 2.06 bits per heavy atom. The van der Waals surface area contributed by atoms with Crippen LogP contribution in [0.4, 0.5) is 10.1 Å². The van der Waals surface area contributed by atoms with Gasteiger partial charge in [0, 0.05) is 31.7 Å². The van der Waals surface area contributed by atoms with Crippen molar-refractivity contribution in [3.05, 3.63) is 30.1 Å². The van der Waals surface area contributed by atoms with Crippen LogP contribution in [0.1, 0.15) is 6.92 Å². The maximum absolute atomic E-state index is 13.7. The smallest absolute Gasteiger partial charge is 0.146 e. The predicted molar refractivity (Wildman–Crippen MR) is 68.7 cm³/mol. The molecule has 0 saturated carbocycles. The van der Waals surface area contributed by atoms with Crippen molar-refractivity contribution in [1.82, 2.24) is 4.90 Å². The Hall–Kier alpha value is -1.13. The van der Waals surface area contributed by atoms with Crippen LogP contribution in [0.15, 0.2) is 24.3 Å². The molecule has 0 radical (unpaired) electrons. The second-order valence-electron chi connectivity index (χ2n) is 4.76. The van der Waals surface area contributed by atoms with Crippen molar-refractivity contribution in [1.29, 1.82) is 0 Å². The lowest BCUT2D eigenvalue weighted by atomic mass is 10.1. The average Bonchev–Trinajstić information content (AvgIpc) is 2.33. The molecule has 1 aromatic carbocycles. The Bertz CT molecular complexity index is 383. The summed E-state index contributed by atoms with van der Waals surface area (Å²) < 4.78 is 13.7. The van der Waals surface area contributed by atoms with Gasteiger partial charge in [0.15, 0.2) is 0 Å². The number of hydrogen-bond donors (Lipinski definition) is 1. The molecule has 4 heteroatoms. The molecule has 1 aliphatic rings. The Morgan fingerprint density at radius 3 is 2.71 bits per heavy atom. The molecule has 94 valence electrons. The van der Waals surface area contributed by atoms with Crippen LogP contribution >= 0.6 is 0 Å². The number of nitrogens with zero attached hydrogens (tertiary/aromatic N) is 2. The number of piperazine rings is 1. The monoisotopic (exact) mass is 237 g/mol. The summed E-state index contributed by atoms with van der Waals surface area (Å²) in [7, 11) is 2.08. The van der Waals surface area contributed by atoms with Crippen LogP contribution in [0.5, 0.6) is 0 Å². The van der Waals surface area contributed by atoms with Crippen LogP contribution in [-0.4, -0.2) is 43.7 Å². The van der Waals surface area contributed by atoms with E-state index in [-0.39, 0.29) is 5.82 Å². The van der Waals surface area contributed by atoms with E-state index in [0.717, 1.165) is 13.1 Å². The van der Waals surface area contributed by atoms with Gasteiger partial charge in [0.2, 0.25) is 0 Å². The molecule has 2 atom stereocenters. The first-order chi connectivity index (χ1) is 8.13. The molecule has 0 aromatic heterocycles. The molecule has 3 nitrogen and oxygen atoms in total. The summed E-state index contributed by atoms with van der Waals surface area (Å²) in [6.45, 7) is 4.38. The fourth-order valence-electron chi connectivity index (χ4n) is 2.41. The highest BCUT2D eigenvalue weighted by Gasteiger charge is 2.29. The minimum Gasteiger partial charge on any atom is -0.366 e. The molecule has 2 rings (SSSR count). The van der Waals surface area contributed by atoms with Gasteiger partial charge in [-0.3, -0.25) is 4.90 Å². The first-order valence-electron chi connectivity index (χ1n) is 6.05. The minimum atomic E-state index is -0.153. The molecule has 1 heterocycles. The number of rotatable bonds is 2. The summed E-state index contributed by atoms with van der Waals surface area (Å²) in [6, 6.07) is 7.61. The fraction of sp³-hybridized carbons (Fsp3) is 0.538. The molecule has 1 fully saturated rings. The summed E-state index contributed by atoms with van der Waals surface area (Å²) in [5.41, 5.74) is 6.46. The van der Waals surface area contributed by atoms with E-state index in [4.69, 9.17) is 5.73 Å². The van der Waals surface area contributed by atoms with E-state index in [9.17, 15) is 4.39 Å². The van der Waals surface area contributed by atoms with Gasteiger partial charge in [-0.15, -0.1) is 0 Å². The van der Waals surface area contributed by atoms with Crippen LogP contribution in [0.2, 0.25) is 0 Å². The SMILES string of the molecule is CC1CN(c2ccccc2F)CC(CN)N1C. The third-order valence-corrected chi connectivity index (χ3v) is 3.65. The zero-order chi connectivity index (χ0) is 12.4. The van der Waals surface area contributed by atoms with Crippen molar-refractivity contribution in [2.75, 3.05) is 31.6 Å². The van der Waals surface area contributed by atoms with Gasteiger partial charge in [-0.05, 0) is 26.1 Å². The van der Waals surface area contributed by atoms with E-state index < -0.39 is 0 Å². The van der Waals surface area contributed by atoms with Crippen molar-refractivity contribution in [3.63, 3.8) is 0 Å². The van der Waals surface area contributed by atoms with E-state index in [1.165, 1.54) is 6.07 Å². The predicted octanol–water partition coefficient (Wildman–Crippen LogP) is 1.29. The Kier molecular flexibility index (Phi) is 3.64. The molecule has 0 bridgehead atoms. The summed E-state index contributed by atoms with van der Waals surface area (Å²) in [5, 5.41) is 0. The first-order valence-corrected chi connectivity index (χ1v) is 6.05. The molecule has 0 amide bonds. The molecule has 0 aliphatic carbocycles. The molecular weight excluding hydrogens is 217 g/mol. The molecule has 17 heavy (non-hydrogen) atoms. The average molecular weight is 237 g/mol. The summed E-state index contributed by atoms with van der Waals surface area (Å²) >= 11 is 0. The number of hydrogen-bond acceptors (Lipinski definition) is 3. The Labute approximate surface area is 102 Å². The zero-order valence-corrected chi connectivity index (χ0v) is 10.4. The molecular formula is C13H20FN3. The van der Waals surface area contributed by atoms with E-state index >= 15 is 0 Å². The molecule has 1 aliphatic heterocycles. The van der Waals surface area contributed by atoms with Gasteiger partial charge in [0.1, 0.15) is 5.82 Å². The maximum Gasteiger partial charge on any atom is 0.146 e. The normalized spacial score (nSPS) is 26.2. The number of likely N-dealkylation sites (N-methyl/N-ethyl adjacent to an activating group) is 1. The maximum atomic E-state index is 13.7. The lowest BCUT2D eigenvalue weighted by molar-refractivity contribution is 0.162. The number of halogens is 1. The lowest BCUT2D eigenvalue weighted by Gasteiger charge is -2.44. The van der Waals surface area contributed by atoms with Gasteiger partial charge in [-0.2, -0.15) is 0 Å². The lowest BCUT2D eigenvalue weighted by Crippen LogP contribution is -2.58. The van der Waals surface area contributed by atoms with E-state index in [2.05, 4.69) is 23.8 Å². The van der Waals surface area contributed by atoms with Crippen molar-refractivity contribution in [2.45, 2.75) is 19.0 Å². The quantitative estimate of drug-likeness (QED) is 0.841. The largest absolute Gasteiger partial charge is 0.366 e. The van der Waals surface area contributed by atoms with E-state index in [1.807, 2.05) is 12.1 Å². The topological polar surface area (TPSA) is 32.5 Å². The van der Waals surface area contributed by atoms with Gasteiger partial charge in [-0.25, -0.2) is 4.39 Å². The highest BCUT2D eigenvalue weighted by Crippen LogP contribution is 2.23. The number of anilines is 1. The van der Waals surface area contributed by atoms with Gasteiger partial charge in [0.25, 0.3) is 0 Å². The van der Waals surface area contributed by atoms with Gasteiger partial charge >= 0.3 is 0 Å². The van der Waals surface area contributed by atoms with Crippen LogP contribution < -0.4 is 10.6 Å². The Morgan fingerprint density at radius 1 is 1.35 bits per heavy atom. The van der Waals surface area contributed by atoms with Crippen LogP contribution in [0.3, 0.4) is 0 Å². The molecule has 0 spiro atoms. The Balaban J connectivity index is 2.20. The van der Waals surface area contributed by atoms with Gasteiger partial charge < -0.3 is 10.6 Å². The first kappa shape index (κ1) is 12.3. The standard InChI is InChI=1S/C13H20FN3/c1-10-8-17(9-11(7-15)16(10)2)13-6-4-3-5-12(13)14/h3-6,10-11H,7-9,15H2,1-2H3. The van der Waals surface area contributed by atoms with E-state index in [0.29, 0.717) is 24.3 Å². The van der Waals surface area contributed by atoms with Gasteiger partial charge in [0.05, 0.1) is 5.69 Å². The highest BCUT2D eigenvalue weighted by atomic mass is 19.1. The second kappa shape index (κ2) is 5.02. The van der Waals surface area contributed by atoms with Crippen molar-refractivity contribution < 1.29 is 4.39 Å². The number of nitrogens with two attached hydrogens (primary N) is 1. The third-order valence-electron chi connectivity index (χ3n) is 3.65. The van der Waals surface area contributed by atoms with E-state index in [1.54, 1.807) is 6.07 Å². The summed E-state index contributed by atoms with van der Waals surface area (Å²) in [6.07, 6.45) is 0. The fourth-order valence-corrected chi connectivity index (χ4v) is 2.41. The van der Waals surface area contributed by atoms with Crippen molar-refractivity contribution >= 4 is 5.69 Å². The second-order valence-corrected chi connectivity index (χ2v) is 4.76.